The summed E-state index contributed by atoms with van der Waals surface area (Å²) in [5.41, 5.74) is -2.84. The van der Waals surface area contributed by atoms with Gasteiger partial charge in [0, 0.05) is 27.7 Å². The van der Waals surface area contributed by atoms with Crippen LogP contribution in [-0.4, -0.2) is 34.8 Å². The van der Waals surface area contributed by atoms with Gasteiger partial charge in [0.15, 0.2) is 6.29 Å². The predicted molar refractivity (Wildman–Crippen MR) is 125 cm³/mol. The highest BCUT2D eigenvalue weighted by Gasteiger charge is 2.61. The molecule has 2 aromatic rings. The van der Waals surface area contributed by atoms with Crippen molar-refractivity contribution in [3.63, 3.8) is 0 Å². The molecular weight excluding hydrogens is 517 g/mol. The van der Waals surface area contributed by atoms with Gasteiger partial charge in [-0.2, -0.15) is 13.2 Å². The number of nitrogens with one attached hydrogen (secondary N) is 1. The van der Waals surface area contributed by atoms with Crippen LogP contribution in [0.3, 0.4) is 0 Å². The molecule has 2 unspecified atom stereocenters. The first-order valence-electron chi connectivity index (χ1n) is 10.5. The average Bonchev–Trinajstić information content (AvgIpc) is 2.77. The van der Waals surface area contributed by atoms with Gasteiger partial charge in [0.1, 0.15) is 0 Å². The van der Waals surface area contributed by atoms with E-state index >= 15 is 0 Å². The number of carbonyl (C=O) groups excluding carboxylic acids is 2. The Kier molecular flexibility index (Phi) is 7.23. The quantitative estimate of drug-likeness (QED) is 0.458. The lowest BCUT2D eigenvalue weighted by Gasteiger charge is -2.36. The van der Waals surface area contributed by atoms with E-state index in [0.29, 0.717) is 35.1 Å². The summed E-state index contributed by atoms with van der Waals surface area (Å²) in [7, 11) is 0. The maximum absolute atomic E-state index is 14.1. The Hall–Kier alpha value is -2.72. The minimum atomic E-state index is -5.23. The minimum Gasteiger partial charge on any atom is -0.380 e. The van der Waals surface area contributed by atoms with Crippen LogP contribution in [0.4, 0.5) is 18.9 Å². The highest BCUT2D eigenvalue weighted by molar-refractivity contribution is 9.10. The van der Waals surface area contributed by atoms with Crippen LogP contribution in [-0.2, 0) is 19.8 Å². The molecule has 3 rings (SSSR count). The molecule has 1 aliphatic heterocycles. The summed E-state index contributed by atoms with van der Waals surface area (Å²) in [6.07, 6.45) is -6.09. The van der Waals surface area contributed by atoms with E-state index < -0.39 is 35.6 Å². The first kappa shape index (κ1) is 25.9. The number of amides is 1. The summed E-state index contributed by atoms with van der Waals surface area (Å²) in [5.74, 6) is -1.60. The number of hydrogen-bond donors (Lipinski definition) is 2. The third-order valence-electron chi connectivity index (χ3n) is 5.83. The Balaban J connectivity index is 1.93. The molecular formula is C24H24BrF3N2O4. The summed E-state index contributed by atoms with van der Waals surface area (Å²) in [5, 5.41) is 16.8. The van der Waals surface area contributed by atoms with Crippen LogP contribution >= 0.6 is 15.9 Å². The second-order valence-electron chi connectivity index (χ2n) is 8.74. The molecule has 182 valence electrons. The van der Waals surface area contributed by atoms with Crippen molar-refractivity contribution >= 4 is 39.5 Å². The van der Waals surface area contributed by atoms with Crippen LogP contribution in [0.15, 0.2) is 52.1 Å². The van der Waals surface area contributed by atoms with E-state index in [0.717, 1.165) is 4.47 Å². The van der Waals surface area contributed by atoms with Gasteiger partial charge in [-0.1, -0.05) is 60.1 Å². The first-order chi connectivity index (χ1) is 15.8. The highest BCUT2D eigenvalue weighted by Crippen LogP contribution is 2.42. The lowest BCUT2D eigenvalue weighted by atomic mass is 9.74. The third kappa shape index (κ3) is 5.02. The molecule has 34 heavy (non-hydrogen) atoms. The molecule has 6 nitrogen and oxygen atoms in total. The lowest BCUT2D eigenvalue weighted by Crippen LogP contribution is -2.57. The number of nitrogens with zero attached hydrogens (tertiary/aromatic N) is 1. The van der Waals surface area contributed by atoms with Gasteiger partial charge in [0.05, 0.1) is 5.71 Å². The molecule has 2 N–H and O–H groups in total. The fraction of sp³-hybridized carbons (Fsp3) is 0.375. The zero-order valence-corrected chi connectivity index (χ0v) is 20.3. The van der Waals surface area contributed by atoms with Crippen molar-refractivity contribution in [3.05, 3.63) is 63.6 Å². The molecule has 2 atom stereocenters. The van der Waals surface area contributed by atoms with E-state index in [1.165, 1.54) is 32.0 Å². The van der Waals surface area contributed by atoms with Crippen molar-refractivity contribution in [1.29, 1.82) is 0 Å². The standard InChI is InChI=1S/C24H24BrF3N2O4/c1-4-19-18-11-16(9-10-17(18)20(12-31)34-30-19)29-21(32)23(33,24(26,27)28)13-22(2,3)14-5-7-15(25)8-6-14/h5-12,20,33H,4,13H2,1-3H3,(H,29,32). The van der Waals surface area contributed by atoms with Gasteiger partial charge in [-0.05, 0) is 41.7 Å². The van der Waals surface area contributed by atoms with Crippen molar-refractivity contribution in [3.8, 4) is 0 Å². The number of alkyl halides is 3. The summed E-state index contributed by atoms with van der Waals surface area (Å²) < 4.78 is 42.9. The fourth-order valence-corrected chi connectivity index (χ4v) is 4.16. The summed E-state index contributed by atoms with van der Waals surface area (Å²) in [6.45, 7) is 4.86. The number of benzene rings is 2. The molecule has 0 radical (unpaired) electrons. The van der Waals surface area contributed by atoms with Crippen molar-refractivity contribution in [2.75, 3.05) is 5.32 Å². The third-order valence-corrected chi connectivity index (χ3v) is 6.36. The average molecular weight is 541 g/mol. The molecule has 1 amide bonds. The maximum Gasteiger partial charge on any atom is 0.426 e. The van der Waals surface area contributed by atoms with Gasteiger partial charge in [0.25, 0.3) is 5.91 Å². The van der Waals surface area contributed by atoms with Crippen molar-refractivity contribution in [2.24, 2.45) is 5.16 Å². The zero-order valence-electron chi connectivity index (χ0n) is 18.7. The number of carbonyl (C=O) groups is 2. The topological polar surface area (TPSA) is 88.0 Å². The molecule has 1 aliphatic rings. The monoisotopic (exact) mass is 540 g/mol. The normalized spacial score (nSPS) is 17.6. The van der Waals surface area contributed by atoms with E-state index in [1.54, 1.807) is 31.2 Å². The predicted octanol–water partition coefficient (Wildman–Crippen LogP) is 5.43. The fourth-order valence-electron chi connectivity index (χ4n) is 3.90. The first-order valence-corrected chi connectivity index (χ1v) is 11.3. The van der Waals surface area contributed by atoms with E-state index in [-0.39, 0.29) is 5.69 Å². The van der Waals surface area contributed by atoms with E-state index in [9.17, 15) is 27.9 Å². The molecule has 0 spiro atoms. The highest BCUT2D eigenvalue weighted by atomic mass is 79.9. The van der Waals surface area contributed by atoms with Crippen molar-refractivity contribution in [1.82, 2.24) is 0 Å². The van der Waals surface area contributed by atoms with Crippen molar-refractivity contribution < 1.29 is 32.7 Å². The van der Waals surface area contributed by atoms with Crippen LogP contribution in [0.1, 0.15) is 56.4 Å². The molecule has 1 heterocycles. The summed E-state index contributed by atoms with van der Waals surface area (Å²) in [6, 6.07) is 10.9. The van der Waals surface area contributed by atoms with Gasteiger partial charge in [-0.25, -0.2) is 0 Å². The van der Waals surface area contributed by atoms with Crippen LogP contribution < -0.4 is 5.32 Å². The van der Waals surface area contributed by atoms with Gasteiger partial charge < -0.3 is 15.3 Å². The molecule has 0 fully saturated rings. The van der Waals surface area contributed by atoms with E-state index in [4.69, 9.17) is 4.84 Å². The molecule has 0 saturated carbocycles. The Morgan fingerprint density at radius 2 is 1.85 bits per heavy atom. The van der Waals surface area contributed by atoms with E-state index in [1.807, 2.05) is 0 Å². The van der Waals surface area contributed by atoms with Gasteiger partial charge >= 0.3 is 6.18 Å². The zero-order chi connectivity index (χ0) is 25.3. The number of aldehydes is 1. The molecule has 0 aromatic heterocycles. The number of fused-ring (bicyclic) bond motifs is 1. The minimum absolute atomic E-state index is 0.0283. The van der Waals surface area contributed by atoms with Gasteiger partial charge in [-0.15, -0.1) is 0 Å². The molecule has 0 bridgehead atoms. The Bertz CT molecular complexity index is 1120. The largest absolute Gasteiger partial charge is 0.426 e. The number of rotatable bonds is 7. The molecule has 0 saturated heterocycles. The Morgan fingerprint density at radius 1 is 1.21 bits per heavy atom. The van der Waals surface area contributed by atoms with Crippen molar-refractivity contribution in [2.45, 2.75) is 56.9 Å². The number of aliphatic hydroxyl groups is 1. The van der Waals surface area contributed by atoms with Crippen LogP contribution in [0.5, 0.6) is 0 Å². The van der Waals surface area contributed by atoms with Gasteiger partial charge in [-0.3, -0.25) is 9.59 Å². The second kappa shape index (κ2) is 9.50. The Morgan fingerprint density at radius 3 is 2.41 bits per heavy atom. The summed E-state index contributed by atoms with van der Waals surface area (Å²) >= 11 is 3.28. The number of anilines is 1. The number of halogens is 4. The maximum atomic E-state index is 14.1. The smallest absolute Gasteiger partial charge is 0.380 e. The SMILES string of the molecule is CCC1=NOC(C=O)c2ccc(NC(=O)C(O)(CC(C)(C)c3ccc(Br)cc3)C(F)(F)F)cc21. The molecule has 2 aromatic carbocycles. The van der Waals surface area contributed by atoms with E-state index in [2.05, 4.69) is 26.4 Å². The van der Waals surface area contributed by atoms with Crippen LogP contribution in [0.25, 0.3) is 0 Å². The molecule has 0 aliphatic carbocycles. The molecule has 10 heteroatoms. The lowest BCUT2D eigenvalue weighted by molar-refractivity contribution is -0.254. The van der Waals surface area contributed by atoms with Gasteiger partial charge in [0.2, 0.25) is 11.7 Å². The number of hydrogen-bond acceptors (Lipinski definition) is 5. The van der Waals surface area contributed by atoms with Crippen LogP contribution in [0.2, 0.25) is 0 Å². The van der Waals surface area contributed by atoms with Crippen LogP contribution in [0, 0.1) is 0 Å². The second-order valence-corrected chi connectivity index (χ2v) is 9.65. The number of oxime groups is 1. The summed E-state index contributed by atoms with van der Waals surface area (Å²) in [4.78, 5) is 29.3. The Labute approximate surface area is 203 Å².